The standard InChI is InChI=1S/C43H53N5O4/c1-11-14-21-43(9)22-24-47(25-23-43)40-38(39(41(49)50-13-3)52-42(6,7)8)30(5)45-37-28-35(46-48(37)40)32-18-15-17-31(26-32)34-27-33(44-10)19-20-36(34)51-29(4)16-12-2/h11-12,15,17-20,26-29,39H,1-2,13-14,16,21-25H2,3-9H3/t29-,39-/m0/s1. The molecule has 0 unspecified atom stereocenters. The summed E-state index contributed by atoms with van der Waals surface area (Å²) in [6.45, 7) is 31.2. The lowest BCUT2D eigenvalue weighted by molar-refractivity contribution is -0.166. The first-order valence-electron chi connectivity index (χ1n) is 18.3. The molecular formula is C43H53N5O4. The summed E-state index contributed by atoms with van der Waals surface area (Å²) < 4.78 is 20.3. The number of esters is 1. The Labute approximate surface area is 309 Å². The van der Waals surface area contributed by atoms with Gasteiger partial charge in [0.2, 0.25) is 0 Å². The molecule has 2 atom stereocenters. The molecule has 1 aliphatic heterocycles. The number of anilines is 1. The summed E-state index contributed by atoms with van der Waals surface area (Å²) in [4.78, 5) is 24.7. The lowest BCUT2D eigenvalue weighted by Gasteiger charge is -2.41. The van der Waals surface area contributed by atoms with Crippen LogP contribution < -0.4 is 9.64 Å². The normalized spacial score (nSPS) is 15.5. The Bertz CT molecular complexity index is 1960. The Morgan fingerprint density at radius 3 is 2.48 bits per heavy atom. The van der Waals surface area contributed by atoms with Crippen LogP contribution in [0.25, 0.3) is 32.9 Å². The number of benzene rings is 2. The van der Waals surface area contributed by atoms with Crippen LogP contribution >= 0.6 is 0 Å². The Hall–Kier alpha value is -4.94. The highest BCUT2D eigenvalue weighted by molar-refractivity contribution is 5.81. The van der Waals surface area contributed by atoms with Gasteiger partial charge in [0, 0.05) is 42.4 Å². The molecule has 0 spiro atoms. The molecule has 3 heterocycles. The SMILES string of the molecule is [C-]#[N+]c1ccc(O[C@@H](C)CC=C)c(-c2cccc(-c3cc4nc(C)c([C@H](OC(C)(C)C)C(=O)OCC)c(N5CCC(C)(CCC=C)CC5)n4n3)c2)c1. The molecule has 4 aromatic rings. The number of hydrogen-bond donors (Lipinski definition) is 0. The highest BCUT2D eigenvalue weighted by Gasteiger charge is 2.38. The van der Waals surface area contributed by atoms with Gasteiger partial charge in [-0.25, -0.2) is 14.6 Å². The summed E-state index contributed by atoms with van der Waals surface area (Å²) in [7, 11) is 0. The zero-order valence-electron chi connectivity index (χ0n) is 31.9. The van der Waals surface area contributed by atoms with Gasteiger partial charge >= 0.3 is 5.97 Å². The van der Waals surface area contributed by atoms with E-state index in [4.69, 9.17) is 30.9 Å². The topological polar surface area (TPSA) is 82.5 Å². The molecule has 9 nitrogen and oxygen atoms in total. The minimum absolute atomic E-state index is 0.0751. The maximum absolute atomic E-state index is 13.7. The van der Waals surface area contributed by atoms with Crippen LogP contribution in [0.5, 0.6) is 5.75 Å². The number of aryl methyl sites for hydroxylation is 1. The smallest absolute Gasteiger partial charge is 0.340 e. The Balaban J connectivity index is 1.66. The molecule has 52 heavy (non-hydrogen) atoms. The molecule has 0 bridgehead atoms. The third-order valence-corrected chi connectivity index (χ3v) is 9.65. The summed E-state index contributed by atoms with van der Waals surface area (Å²) >= 11 is 0. The highest BCUT2D eigenvalue weighted by atomic mass is 16.6. The molecule has 5 rings (SSSR count). The third kappa shape index (κ3) is 8.74. The van der Waals surface area contributed by atoms with Crippen molar-refractivity contribution in [3.8, 4) is 28.1 Å². The average molecular weight is 704 g/mol. The van der Waals surface area contributed by atoms with Crippen molar-refractivity contribution >= 4 is 23.1 Å². The molecule has 2 aromatic heterocycles. The highest BCUT2D eigenvalue weighted by Crippen LogP contribution is 2.42. The number of nitrogens with zero attached hydrogens (tertiary/aromatic N) is 5. The molecule has 1 fully saturated rings. The molecule has 2 aromatic carbocycles. The molecule has 0 N–H and O–H groups in total. The van der Waals surface area contributed by atoms with Crippen molar-refractivity contribution in [3.05, 3.63) is 96.5 Å². The number of ether oxygens (including phenoxy) is 3. The van der Waals surface area contributed by atoms with Crippen LogP contribution in [0.15, 0.2) is 73.8 Å². The first kappa shape index (κ1) is 38.3. The maximum atomic E-state index is 13.7. The van der Waals surface area contributed by atoms with Crippen LogP contribution in [-0.4, -0.2) is 52.0 Å². The van der Waals surface area contributed by atoms with Crippen molar-refractivity contribution in [2.45, 2.75) is 98.4 Å². The zero-order valence-corrected chi connectivity index (χ0v) is 31.9. The van der Waals surface area contributed by atoms with Crippen molar-refractivity contribution in [1.29, 1.82) is 0 Å². The summed E-state index contributed by atoms with van der Waals surface area (Å²) in [5, 5.41) is 5.19. The van der Waals surface area contributed by atoms with Gasteiger partial charge in [0.1, 0.15) is 11.6 Å². The van der Waals surface area contributed by atoms with Gasteiger partial charge in [-0.15, -0.1) is 13.2 Å². The number of rotatable bonds is 14. The third-order valence-electron chi connectivity index (χ3n) is 9.65. The molecular weight excluding hydrogens is 651 g/mol. The van der Waals surface area contributed by atoms with Gasteiger partial charge in [0.15, 0.2) is 17.4 Å². The molecule has 9 heteroatoms. The lowest BCUT2D eigenvalue weighted by atomic mass is 9.76. The van der Waals surface area contributed by atoms with Crippen molar-refractivity contribution in [3.63, 3.8) is 0 Å². The molecule has 0 saturated carbocycles. The fourth-order valence-electron chi connectivity index (χ4n) is 6.88. The maximum Gasteiger partial charge on any atom is 0.340 e. The van der Waals surface area contributed by atoms with E-state index in [1.807, 2.05) is 87.7 Å². The monoisotopic (exact) mass is 703 g/mol. The molecule has 1 aliphatic rings. The fourth-order valence-corrected chi connectivity index (χ4v) is 6.88. The first-order chi connectivity index (χ1) is 24.8. The fraction of sp³-hybridized carbons (Fsp3) is 0.442. The van der Waals surface area contributed by atoms with Crippen LogP contribution in [0.4, 0.5) is 11.5 Å². The molecule has 274 valence electrons. The molecule has 0 amide bonds. The van der Waals surface area contributed by atoms with E-state index in [-0.39, 0.29) is 18.1 Å². The lowest BCUT2D eigenvalue weighted by Crippen LogP contribution is -2.41. The van der Waals surface area contributed by atoms with Crippen molar-refractivity contribution in [2.24, 2.45) is 5.41 Å². The van der Waals surface area contributed by atoms with Gasteiger partial charge in [-0.05, 0) is 96.4 Å². The Morgan fingerprint density at radius 2 is 1.83 bits per heavy atom. The van der Waals surface area contributed by atoms with E-state index in [0.717, 1.165) is 67.0 Å². The number of allylic oxidation sites excluding steroid dienone is 1. The van der Waals surface area contributed by atoms with Crippen molar-refractivity contribution in [1.82, 2.24) is 14.6 Å². The second kappa shape index (κ2) is 16.2. The van der Waals surface area contributed by atoms with Crippen LogP contribution in [0.2, 0.25) is 0 Å². The van der Waals surface area contributed by atoms with Crippen LogP contribution in [-0.2, 0) is 14.3 Å². The van der Waals surface area contributed by atoms with Gasteiger partial charge in [-0.3, -0.25) is 0 Å². The molecule has 0 radical (unpaired) electrons. The Kier molecular flexibility index (Phi) is 11.9. The predicted molar refractivity (Wildman–Crippen MR) is 209 cm³/mol. The quantitative estimate of drug-likeness (QED) is 0.0734. The average Bonchev–Trinajstić information content (AvgIpc) is 3.53. The summed E-state index contributed by atoms with van der Waals surface area (Å²) in [6.07, 6.45) is 7.52. The molecule has 1 saturated heterocycles. The number of hydrogen-bond acceptors (Lipinski definition) is 7. The van der Waals surface area contributed by atoms with E-state index in [2.05, 4.69) is 35.9 Å². The van der Waals surface area contributed by atoms with E-state index in [1.165, 1.54) is 0 Å². The number of carbonyl (C=O) groups excluding carboxylic acids is 1. The van der Waals surface area contributed by atoms with E-state index >= 15 is 0 Å². The zero-order chi connectivity index (χ0) is 37.6. The Morgan fingerprint density at radius 1 is 1.10 bits per heavy atom. The van der Waals surface area contributed by atoms with Gasteiger partial charge in [-0.1, -0.05) is 43.3 Å². The van der Waals surface area contributed by atoms with Crippen LogP contribution in [0, 0.1) is 18.9 Å². The van der Waals surface area contributed by atoms with Crippen molar-refractivity contribution < 1.29 is 19.0 Å². The van der Waals surface area contributed by atoms with Crippen molar-refractivity contribution in [2.75, 3.05) is 24.6 Å². The number of carbonyl (C=O) groups is 1. The van der Waals surface area contributed by atoms with E-state index in [1.54, 1.807) is 13.0 Å². The van der Waals surface area contributed by atoms with Crippen LogP contribution in [0.1, 0.15) is 91.0 Å². The van der Waals surface area contributed by atoms with Crippen LogP contribution in [0.3, 0.4) is 0 Å². The number of fused-ring (bicyclic) bond motifs is 1. The second-order valence-corrected chi connectivity index (χ2v) is 15.0. The summed E-state index contributed by atoms with van der Waals surface area (Å²) in [5.74, 6) is 1.06. The van der Waals surface area contributed by atoms with Gasteiger partial charge in [0.25, 0.3) is 0 Å². The van der Waals surface area contributed by atoms with Gasteiger partial charge in [0.05, 0.1) is 36.1 Å². The number of piperidine rings is 1. The summed E-state index contributed by atoms with van der Waals surface area (Å²) in [5.41, 5.74) is 5.48. The van der Waals surface area contributed by atoms with E-state index < -0.39 is 17.7 Å². The minimum Gasteiger partial charge on any atom is -0.490 e. The summed E-state index contributed by atoms with van der Waals surface area (Å²) in [6, 6.07) is 15.6. The second-order valence-electron chi connectivity index (χ2n) is 15.0. The van der Waals surface area contributed by atoms with Gasteiger partial charge in [-0.2, -0.15) is 9.61 Å². The largest absolute Gasteiger partial charge is 0.490 e. The van der Waals surface area contributed by atoms with E-state index in [9.17, 15) is 4.79 Å². The number of aromatic nitrogens is 3. The first-order valence-corrected chi connectivity index (χ1v) is 18.3. The predicted octanol–water partition coefficient (Wildman–Crippen LogP) is 10.3. The van der Waals surface area contributed by atoms with E-state index in [0.29, 0.717) is 34.8 Å². The minimum atomic E-state index is -0.992. The van der Waals surface area contributed by atoms with Gasteiger partial charge < -0.3 is 19.1 Å². The molecule has 0 aliphatic carbocycles.